The van der Waals surface area contributed by atoms with Gasteiger partial charge in [0.25, 0.3) is 0 Å². The average molecular weight is 290 g/mol. The number of benzene rings is 1. The van der Waals surface area contributed by atoms with E-state index in [9.17, 15) is 14.4 Å². The van der Waals surface area contributed by atoms with Crippen LogP contribution in [0.15, 0.2) is 54.6 Å². The molecule has 0 saturated heterocycles. The summed E-state index contributed by atoms with van der Waals surface area (Å²) in [6.07, 6.45) is 1.87. The molecule has 0 atom stereocenters. The highest BCUT2D eigenvalue weighted by molar-refractivity contribution is 6.06. The van der Waals surface area contributed by atoms with Crippen molar-refractivity contribution in [2.24, 2.45) is 0 Å². The zero-order chi connectivity index (χ0) is 16.3. The van der Waals surface area contributed by atoms with E-state index in [-0.39, 0.29) is 11.8 Å². The van der Waals surface area contributed by atoms with Gasteiger partial charge in [0.1, 0.15) is 0 Å². The molecule has 0 spiro atoms. The second-order valence-corrected chi connectivity index (χ2v) is 3.90. The molecule has 0 aromatic heterocycles. The molecule has 0 fully saturated rings. The van der Waals surface area contributed by atoms with Crippen LogP contribution in [0.4, 0.5) is 0 Å². The number of esters is 1. The smallest absolute Gasteiger partial charge is 0.333 e. The Morgan fingerprint density at radius 1 is 1.19 bits per heavy atom. The van der Waals surface area contributed by atoms with E-state index in [4.69, 9.17) is 5.11 Å². The van der Waals surface area contributed by atoms with E-state index in [0.717, 1.165) is 12.2 Å². The quantitative estimate of drug-likeness (QED) is 0.512. The van der Waals surface area contributed by atoms with Gasteiger partial charge in [-0.1, -0.05) is 36.9 Å². The maximum absolute atomic E-state index is 11.2. The number of carboxylic acid groups (broad SMARTS) is 1. The summed E-state index contributed by atoms with van der Waals surface area (Å²) in [7, 11) is 0. The molecule has 1 rings (SSSR count). The minimum atomic E-state index is -1.12. The molecule has 1 aromatic rings. The highest BCUT2D eigenvalue weighted by atomic mass is 16.5. The van der Waals surface area contributed by atoms with Crippen molar-refractivity contribution in [1.29, 1.82) is 0 Å². The molecule has 0 heterocycles. The fourth-order valence-electron chi connectivity index (χ4n) is 1.10. The maximum Gasteiger partial charge on any atom is 0.333 e. The van der Waals surface area contributed by atoms with Gasteiger partial charge in [0.15, 0.2) is 5.78 Å². The largest absolute Gasteiger partial charge is 0.478 e. The molecule has 0 saturated carbocycles. The zero-order valence-electron chi connectivity index (χ0n) is 12.0. The van der Waals surface area contributed by atoms with E-state index in [2.05, 4.69) is 11.3 Å². The second kappa shape index (κ2) is 10.1. The Morgan fingerprint density at radius 2 is 1.76 bits per heavy atom. The van der Waals surface area contributed by atoms with Crippen molar-refractivity contribution in [3.8, 4) is 0 Å². The third-order valence-electron chi connectivity index (χ3n) is 2.06. The monoisotopic (exact) mass is 290 g/mol. The van der Waals surface area contributed by atoms with Crippen molar-refractivity contribution in [3.05, 3.63) is 60.2 Å². The molecular formula is C16H18O5. The van der Waals surface area contributed by atoms with Crippen molar-refractivity contribution >= 4 is 17.7 Å². The Labute approximate surface area is 123 Å². The van der Waals surface area contributed by atoms with Crippen LogP contribution in [0.25, 0.3) is 0 Å². The van der Waals surface area contributed by atoms with Crippen molar-refractivity contribution in [3.63, 3.8) is 0 Å². The molecule has 5 nitrogen and oxygen atoms in total. The third-order valence-corrected chi connectivity index (χ3v) is 2.06. The lowest BCUT2D eigenvalue weighted by Gasteiger charge is -1.96. The van der Waals surface area contributed by atoms with E-state index < -0.39 is 5.97 Å². The van der Waals surface area contributed by atoms with Crippen LogP contribution in [-0.2, 0) is 14.3 Å². The molecule has 0 aliphatic rings. The number of ketones is 1. The molecule has 5 heteroatoms. The number of hydrogen-bond acceptors (Lipinski definition) is 4. The van der Waals surface area contributed by atoms with Gasteiger partial charge >= 0.3 is 11.9 Å². The van der Waals surface area contributed by atoms with Gasteiger partial charge in [-0.15, -0.1) is 0 Å². The zero-order valence-corrected chi connectivity index (χ0v) is 12.0. The van der Waals surface area contributed by atoms with Crippen LogP contribution < -0.4 is 0 Å². The van der Waals surface area contributed by atoms with Crippen molar-refractivity contribution in [2.75, 3.05) is 6.61 Å². The van der Waals surface area contributed by atoms with Gasteiger partial charge in [0, 0.05) is 17.2 Å². The molecule has 0 amide bonds. The summed E-state index contributed by atoms with van der Waals surface area (Å²) in [6, 6.07) is 8.50. The molecule has 0 radical (unpaired) electrons. The Hall–Kier alpha value is -2.69. The fraction of sp³-hybridized carbons (Fsp3) is 0.188. The first kappa shape index (κ1) is 18.3. The van der Waals surface area contributed by atoms with Crippen LogP contribution in [0.1, 0.15) is 24.2 Å². The molecule has 0 unspecified atom stereocenters. The number of ether oxygens (including phenoxy) is 1. The lowest BCUT2D eigenvalue weighted by Crippen LogP contribution is -2.03. The third kappa shape index (κ3) is 8.93. The summed E-state index contributed by atoms with van der Waals surface area (Å²) in [5, 5.41) is 8.27. The van der Waals surface area contributed by atoms with Gasteiger partial charge < -0.3 is 9.84 Å². The van der Waals surface area contributed by atoms with Gasteiger partial charge in [0.05, 0.1) is 6.61 Å². The van der Waals surface area contributed by atoms with Crippen LogP contribution in [0.2, 0.25) is 0 Å². The first-order chi connectivity index (χ1) is 9.88. The van der Waals surface area contributed by atoms with Crippen LogP contribution in [0.3, 0.4) is 0 Å². The first-order valence-electron chi connectivity index (χ1n) is 6.21. The van der Waals surface area contributed by atoms with E-state index in [1.54, 1.807) is 44.2 Å². The SMILES string of the molecule is C=C(C)C(=O)OCC.O=C(O)C=CC(=O)c1ccccc1. The molecule has 1 N–H and O–H groups in total. The molecule has 112 valence electrons. The van der Waals surface area contributed by atoms with Gasteiger partial charge in [0.2, 0.25) is 0 Å². The summed E-state index contributed by atoms with van der Waals surface area (Å²) in [6.45, 7) is 7.21. The molecule has 0 aliphatic heterocycles. The van der Waals surface area contributed by atoms with Gasteiger partial charge in [-0.05, 0) is 19.9 Å². The van der Waals surface area contributed by atoms with Crippen LogP contribution in [0, 0.1) is 0 Å². The highest BCUT2D eigenvalue weighted by Gasteiger charge is 1.99. The fourth-order valence-corrected chi connectivity index (χ4v) is 1.10. The summed E-state index contributed by atoms with van der Waals surface area (Å²) < 4.78 is 4.56. The normalized spacial score (nSPS) is 9.43. The van der Waals surface area contributed by atoms with Gasteiger partial charge in [-0.3, -0.25) is 4.79 Å². The minimum absolute atomic E-state index is 0.303. The van der Waals surface area contributed by atoms with Crippen molar-refractivity contribution in [2.45, 2.75) is 13.8 Å². The Kier molecular flexibility index (Phi) is 8.84. The Bertz CT molecular complexity index is 529. The number of carboxylic acids is 1. The number of aliphatic carboxylic acids is 1. The molecule has 1 aromatic carbocycles. The average Bonchev–Trinajstić information content (AvgIpc) is 2.46. The summed E-state index contributed by atoms with van der Waals surface area (Å²) >= 11 is 0. The number of rotatable bonds is 5. The minimum Gasteiger partial charge on any atom is -0.478 e. The van der Waals surface area contributed by atoms with Crippen LogP contribution in [-0.4, -0.2) is 29.4 Å². The van der Waals surface area contributed by atoms with Crippen molar-refractivity contribution in [1.82, 2.24) is 0 Å². The number of hydrogen-bond donors (Lipinski definition) is 1. The van der Waals surface area contributed by atoms with E-state index in [1.807, 2.05) is 0 Å². The van der Waals surface area contributed by atoms with Crippen LogP contribution in [0.5, 0.6) is 0 Å². The number of carbonyl (C=O) groups is 3. The molecule has 0 aliphatic carbocycles. The standard InChI is InChI=1S/C10H8O3.C6H10O2/c11-9(6-7-10(12)13)8-4-2-1-3-5-8;1-4-8-6(7)5(2)3/h1-7H,(H,12,13);2,4H2,1,3H3. The topological polar surface area (TPSA) is 80.7 Å². The van der Waals surface area contributed by atoms with Gasteiger partial charge in [-0.2, -0.15) is 0 Å². The number of carbonyl (C=O) groups excluding carboxylic acids is 2. The van der Waals surface area contributed by atoms with Crippen LogP contribution >= 0.6 is 0 Å². The highest BCUT2D eigenvalue weighted by Crippen LogP contribution is 2.00. The lowest BCUT2D eigenvalue weighted by atomic mass is 10.1. The Morgan fingerprint density at radius 3 is 2.14 bits per heavy atom. The van der Waals surface area contributed by atoms with Crippen molar-refractivity contribution < 1.29 is 24.2 Å². The Balaban J connectivity index is 0.000000433. The summed E-state index contributed by atoms with van der Waals surface area (Å²) in [4.78, 5) is 31.7. The maximum atomic E-state index is 11.2. The molecule has 21 heavy (non-hydrogen) atoms. The number of allylic oxidation sites excluding steroid dienone is 1. The second-order valence-electron chi connectivity index (χ2n) is 3.90. The summed E-state index contributed by atoms with van der Waals surface area (Å²) in [5.74, 6) is -1.74. The molecular weight excluding hydrogens is 272 g/mol. The summed E-state index contributed by atoms with van der Waals surface area (Å²) in [5.41, 5.74) is 0.937. The predicted molar refractivity (Wildman–Crippen MR) is 79.0 cm³/mol. The van der Waals surface area contributed by atoms with Gasteiger partial charge in [-0.25, -0.2) is 9.59 Å². The van der Waals surface area contributed by atoms with E-state index >= 15 is 0 Å². The van der Waals surface area contributed by atoms with E-state index in [1.165, 1.54) is 0 Å². The first-order valence-corrected chi connectivity index (χ1v) is 6.21. The predicted octanol–water partition coefficient (Wildman–Crippen LogP) is 2.64. The van der Waals surface area contributed by atoms with E-state index in [0.29, 0.717) is 17.7 Å². The molecule has 0 bridgehead atoms. The lowest BCUT2D eigenvalue weighted by molar-refractivity contribution is -0.138.